The normalized spacial score (nSPS) is 12.9. The minimum absolute atomic E-state index is 0.104. The van der Waals surface area contributed by atoms with Crippen molar-refractivity contribution in [2.75, 3.05) is 13.2 Å². The Balaban J connectivity index is 4.47. The molecule has 0 aromatic heterocycles. The first-order valence-electron chi connectivity index (χ1n) is 24.2. The van der Waals surface area contributed by atoms with Crippen molar-refractivity contribution in [1.29, 1.82) is 0 Å². The van der Waals surface area contributed by atoms with Gasteiger partial charge in [-0.15, -0.1) is 0 Å². The van der Waals surface area contributed by atoms with E-state index in [0.29, 0.717) is 19.3 Å². The molecule has 0 spiro atoms. The molecule has 1 atom stereocenters. The van der Waals surface area contributed by atoms with E-state index in [1.807, 2.05) is 0 Å². The van der Waals surface area contributed by atoms with E-state index in [1.54, 1.807) is 0 Å². The topological polar surface area (TPSA) is 78.9 Å². The third-order valence-corrected chi connectivity index (χ3v) is 9.83. The maximum atomic E-state index is 12.7. The average Bonchev–Trinajstić information content (AvgIpc) is 3.24. The Hall–Kier alpha value is -3.67. The van der Waals surface area contributed by atoms with Crippen LogP contribution in [0, 0.1) is 0 Å². The molecule has 1 unspecified atom stereocenters. The Labute approximate surface area is 368 Å². The van der Waals surface area contributed by atoms with Crippen molar-refractivity contribution in [2.24, 2.45) is 0 Å². The van der Waals surface area contributed by atoms with Crippen LogP contribution in [0.4, 0.5) is 0 Å². The molecule has 340 valence electrons. The summed E-state index contributed by atoms with van der Waals surface area (Å²) < 4.78 is 16.7. The van der Waals surface area contributed by atoms with Crippen molar-refractivity contribution >= 4 is 17.9 Å². The summed E-state index contributed by atoms with van der Waals surface area (Å²) in [6.07, 6.45) is 62.5. The van der Waals surface area contributed by atoms with Gasteiger partial charge in [-0.2, -0.15) is 0 Å². The molecule has 6 nitrogen and oxygen atoms in total. The number of esters is 3. The van der Waals surface area contributed by atoms with Crippen molar-refractivity contribution in [2.45, 2.75) is 213 Å². The van der Waals surface area contributed by atoms with Gasteiger partial charge >= 0.3 is 17.9 Å². The zero-order chi connectivity index (χ0) is 43.7. The highest BCUT2D eigenvalue weighted by molar-refractivity contribution is 5.71. The van der Waals surface area contributed by atoms with E-state index in [0.717, 1.165) is 109 Å². The van der Waals surface area contributed by atoms with Gasteiger partial charge in [0.2, 0.25) is 0 Å². The molecule has 0 rings (SSSR count). The van der Waals surface area contributed by atoms with Crippen LogP contribution in [0.2, 0.25) is 0 Å². The minimum atomic E-state index is -0.808. The summed E-state index contributed by atoms with van der Waals surface area (Å²) in [5.74, 6) is -0.985. The minimum Gasteiger partial charge on any atom is -0.462 e. The average molecular weight is 833 g/mol. The first kappa shape index (κ1) is 56.3. The van der Waals surface area contributed by atoms with Gasteiger partial charge in [0.15, 0.2) is 6.10 Å². The highest BCUT2D eigenvalue weighted by Gasteiger charge is 2.19. The van der Waals surface area contributed by atoms with Crippen molar-refractivity contribution in [3.05, 3.63) is 97.2 Å². The fourth-order valence-corrected chi connectivity index (χ4v) is 6.25. The summed E-state index contributed by atoms with van der Waals surface area (Å²) in [6, 6.07) is 0. The highest BCUT2D eigenvalue weighted by atomic mass is 16.6. The molecule has 0 aliphatic rings. The lowest BCUT2D eigenvalue weighted by molar-refractivity contribution is -0.167. The zero-order valence-corrected chi connectivity index (χ0v) is 38.7. The summed E-state index contributed by atoms with van der Waals surface area (Å²) in [7, 11) is 0. The van der Waals surface area contributed by atoms with Gasteiger partial charge < -0.3 is 14.2 Å². The number of carbonyl (C=O) groups excluding carboxylic acids is 3. The van der Waals surface area contributed by atoms with Gasteiger partial charge in [0.25, 0.3) is 0 Å². The van der Waals surface area contributed by atoms with E-state index in [9.17, 15) is 14.4 Å². The van der Waals surface area contributed by atoms with E-state index in [-0.39, 0.29) is 37.5 Å². The Morgan fingerprint density at radius 2 is 0.650 bits per heavy atom. The second-order valence-electron chi connectivity index (χ2n) is 15.6. The van der Waals surface area contributed by atoms with E-state index >= 15 is 0 Å². The van der Waals surface area contributed by atoms with Gasteiger partial charge in [-0.3, -0.25) is 14.4 Å². The van der Waals surface area contributed by atoms with E-state index in [1.165, 1.54) is 51.4 Å². The van der Waals surface area contributed by atoms with Crippen LogP contribution in [0.1, 0.15) is 207 Å². The van der Waals surface area contributed by atoms with Crippen LogP contribution in [0.3, 0.4) is 0 Å². The molecule has 0 aliphatic carbocycles. The van der Waals surface area contributed by atoms with Crippen LogP contribution in [0.15, 0.2) is 97.2 Å². The fraction of sp³-hybridized carbons (Fsp3) is 0.648. The van der Waals surface area contributed by atoms with Crippen LogP contribution < -0.4 is 0 Å². The van der Waals surface area contributed by atoms with Gasteiger partial charge in [-0.05, 0) is 96.3 Å². The van der Waals surface area contributed by atoms with Gasteiger partial charge in [0.1, 0.15) is 13.2 Å². The van der Waals surface area contributed by atoms with Gasteiger partial charge in [0.05, 0.1) is 0 Å². The zero-order valence-electron chi connectivity index (χ0n) is 38.7. The summed E-state index contributed by atoms with van der Waals surface area (Å²) >= 11 is 0. The van der Waals surface area contributed by atoms with Crippen molar-refractivity contribution in [1.82, 2.24) is 0 Å². The Kier molecular flexibility index (Phi) is 45.1. The SMILES string of the molecule is CC/C=C\C/C=C\C/C=C\C/C=C\C/C=C\CCCCCC(=O)OCC(COC(=O)CCCCCCCCCCCCC)OC(=O)CCCC/C=C\C/C=C\C/C=C\CC. The quantitative estimate of drug-likeness (QED) is 0.0264. The molecule has 0 fully saturated rings. The molecular formula is C54H88O6. The molecule has 0 heterocycles. The van der Waals surface area contributed by atoms with Crippen molar-refractivity contribution < 1.29 is 28.6 Å². The number of hydrogen-bond acceptors (Lipinski definition) is 6. The molecule has 0 amide bonds. The van der Waals surface area contributed by atoms with Crippen LogP contribution in [0.25, 0.3) is 0 Å². The lowest BCUT2D eigenvalue weighted by Gasteiger charge is -2.18. The molecule has 0 saturated heterocycles. The van der Waals surface area contributed by atoms with E-state index in [2.05, 4.69) is 118 Å². The lowest BCUT2D eigenvalue weighted by Crippen LogP contribution is -2.30. The second-order valence-corrected chi connectivity index (χ2v) is 15.6. The summed E-state index contributed by atoms with van der Waals surface area (Å²) in [6.45, 7) is 6.32. The third kappa shape index (κ3) is 45.4. The number of ether oxygens (including phenoxy) is 3. The monoisotopic (exact) mass is 833 g/mol. The van der Waals surface area contributed by atoms with Gasteiger partial charge in [0, 0.05) is 19.3 Å². The highest BCUT2D eigenvalue weighted by Crippen LogP contribution is 2.13. The predicted octanol–water partition coefficient (Wildman–Crippen LogP) is 15.8. The maximum absolute atomic E-state index is 12.7. The van der Waals surface area contributed by atoms with Crippen LogP contribution >= 0.6 is 0 Å². The number of carbonyl (C=O) groups is 3. The maximum Gasteiger partial charge on any atom is 0.306 e. The molecule has 0 radical (unpaired) electrons. The van der Waals surface area contributed by atoms with Crippen molar-refractivity contribution in [3.8, 4) is 0 Å². The third-order valence-electron chi connectivity index (χ3n) is 9.83. The summed E-state index contributed by atoms with van der Waals surface area (Å²) in [4.78, 5) is 37.8. The molecule has 0 aromatic rings. The molecule has 60 heavy (non-hydrogen) atoms. The van der Waals surface area contributed by atoms with E-state index < -0.39 is 6.10 Å². The first-order valence-corrected chi connectivity index (χ1v) is 24.2. The van der Waals surface area contributed by atoms with Gasteiger partial charge in [-0.25, -0.2) is 0 Å². The number of hydrogen-bond donors (Lipinski definition) is 0. The number of rotatable bonds is 42. The molecular weight excluding hydrogens is 745 g/mol. The van der Waals surface area contributed by atoms with Crippen LogP contribution in [0.5, 0.6) is 0 Å². The molecule has 0 saturated carbocycles. The van der Waals surface area contributed by atoms with E-state index in [4.69, 9.17) is 14.2 Å². The lowest BCUT2D eigenvalue weighted by atomic mass is 10.1. The summed E-state index contributed by atoms with van der Waals surface area (Å²) in [5.41, 5.74) is 0. The summed E-state index contributed by atoms with van der Waals surface area (Å²) in [5, 5.41) is 0. The largest absolute Gasteiger partial charge is 0.462 e. The Morgan fingerprint density at radius 3 is 1.05 bits per heavy atom. The first-order chi connectivity index (χ1) is 29.5. The van der Waals surface area contributed by atoms with Crippen LogP contribution in [-0.2, 0) is 28.6 Å². The standard InChI is InChI=1S/C54H88O6/c1-4-7-10-13-16-19-22-24-25-26-27-28-29-30-33-35-38-41-44-47-53(56)59-50-51(49-58-52(55)46-43-40-37-34-31-21-18-15-12-9-6-3)60-54(57)48-45-42-39-36-32-23-20-17-14-11-8-5-2/h7-8,10-11,16-17,19-20,24-25,27-28,30,32-33,36,51H,4-6,9,12-15,18,21-23,26,29,31,34-35,37-50H2,1-3H3/b10-7-,11-8-,19-16-,20-17-,25-24-,28-27-,33-30-,36-32-. The second kappa shape index (κ2) is 48.0. The van der Waals surface area contributed by atoms with Gasteiger partial charge in [-0.1, -0.05) is 189 Å². The number of unbranched alkanes of at least 4 members (excludes halogenated alkanes) is 15. The van der Waals surface area contributed by atoms with Crippen molar-refractivity contribution in [3.63, 3.8) is 0 Å². The molecule has 6 heteroatoms. The molecule has 0 bridgehead atoms. The molecule has 0 N–H and O–H groups in total. The fourth-order valence-electron chi connectivity index (χ4n) is 6.25. The Bertz CT molecular complexity index is 1230. The number of allylic oxidation sites excluding steroid dienone is 16. The Morgan fingerprint density at radius 1 is 0.350 bits per heavy atom. The molecule has 0 aliphatic heterocycles. The molecule has 0 aromatic carbocycles. The predicted molar refractivity (Wildman–Crippen MR) is 256 cm³/mol. The van der Waals surface area contributed by atoms with Crippen LogP contribution in [-0.4, -0.2) is 37.2 Å². The smallest absolute Gasteiger partial charge is 0.306 e.